The first-order chi connectivity index (χ1) is 9.36. The van der Waals surface area contributed by atoms with Crippen molar-refractivity contribution in [1.82, 2.24) is 9.97 Å². The Morgan fingerprint density at radius 2 is 2.00 bits per heavy atom. The Hall–Kier alpha value is -2.48. The molecule has 0 aliphatic rings. The van der Waals surface area contributed by atoms with Crippen molar-refractivity contribution in [2.45, 2.75) is 4.90 Å². The van der Waals surface area contributed by atoms with Gasteiger partial charge in [0, 0.05) is 29.9 Å². The molecule has 0 aliphatic heterocycles. The molecule has 104 valence electrons. The minimum Gasteiger partial charge on any atom is -0.399 e. The largest absolute Gasteiger partial charge is 0.399 e. The molecule has 0 saturated carbocycles. The van der Waals surface area contributed by atoms with Gasteiger partial charge in [0.2, 0.25) is 0 Å². The number of hydrogen-bond donors (Lipinski definition) is 2. The molecule has 0 radical (unpaired) electrons. The van der Waals surface area contributed by atoms with Crippen LogP contribution in [-0.2, 0) is 9.84 Å². The molecule has 0 aliphatic carbocycles. The molecule has 0 saturated heterocycles. The molecule has 2 aromatic rings. The Balaban J connectivity index is 2.33. The quantitative estimate of drug-likeness (QED) is 0.805. The summed E-state index contributed by atoms with van der Waals surface area (Å²) in [5.74, 6) is -0.247. The van der Waals surface area contributed by atoms with E-state index in [0.29, 0.717) is 0 Å². The maximum Gasteiger partial charge on any atom is 0.256 e. The van der Waals surface area contributed by atoms with Gasteiger partial charge in [0.05, 0.1) is 11.1 Å². The molecule has 2 rings (SSSR count). The van der Waals surface area contributed by atoms with Crippen molar-refractivity contribution >= 4 is 27.2 Å². The van der Waals surface area contributed by atoms with Gasteiger partial charge in [-0.25, -0.2) is 13.4 Å². The second kappa shape index (κ2) is 5.25. The third-order valence-electron chi connectivity index (χ3n) is 2.42. The summed E-state index contributed by atoms with van der Waals surface area (Å²) in [6.07, 6.45) is 5.32. The van der Waals surface area contributed by atoms with E-state index in [1.807, 2.05) is 0 Å². The van der Waals surface area contributed by atoms with E-state index in [0.717, 1.165) is 6.26 Å². The second-order valence-corrected chi connectivity index (χ2v) is 6.12. The number of benzene rings is 1. The maximum absolute atomic E-state index is 12.0. The van der Waals surface area contributed by atoms with Crippen molar-refractivity contribution in [2.75, 3.05) is 17.3 Å². The molecule has 1 aromatic heterocycles. The fourth-order valence-electron chi connectivity index (χ4n) is 1.52. The van der Waals surface area contributed by atoms with E-state index in [-0.39, 0.29) is 22.0 Å². The van der Waals surface area contributed by atoms with Crippen LogP contribution in [0.2, 0.25) is 0 Å². The van der Waals surface area contributed by atoms with Gasteiger partial charge in [0.25, 0.3) is 5.91 Å². The van der Waals surface area contributed by atoms with E-state index < -0.39 is 15.7 Å². The first kappa shape index (κ1) is 13.9. The average molecular weight is 292 g/mol. The van der Waals surface area contributed by atoms with Gasteiger partial charge in [0.1, 0.15) is 0 Å². The molecule has 0 spiro atoms. The van der Waals surface area contributed by atoms with Gasteiger partial charge in [-0.15, -0.1) is 0 Å². The molecule has 0 bridgehead atoms. The number of sulfone groups is 1. The van der Waals surface area contributed by atoms with E-state index in [2.05, 4.69) is 15.3 Å². The number of carbonyl (C=O) groups excluding carboxylic acids is 1. The lowest BCUT2D eigenvalue weighted by molar-refractivity contribution is 0.102. The van der Waals surface area contributed by atoms with Gasteiger partial charge in [-0.1, -0.05) is 0 Å². The molecule has 0 fully saturated rings. The van der Waals surface area contributed by atoms with Crippen molar-refractivity contribution in [2.24, 2.45) is 0 Å². The van der Waals surface area contributed by atoms with Crippen LogP contribution in [0.5, 0.6) is 0 Å². The maximum atomic E-state index is 12.0. The Morgan fingerprint density at radius 1 is 1.25 bits per heavy atom. The fraction of sp³-hybridized carbons (Fsp3) is 0.0833. The van der Waals surface area contributed by atoms with Crippen LogP contribution in [0.4, 0.5) is 11.5 Å². The third-order valence-corrected chi connectivity index (χ3v) is 3.52. The van der Waals surface area contributed by atoms with Crippen LogP contribution in [-0.4, -0.2) is 30.5 Å². The smallest absolute Gasteiger partial charge is 0.256 e. The van der Waals surface area contributed by atoms with Gasteiger partial charge in [-0.3, -0.25) is 9.78 Å². The highest BCUT2D eigenvalue weighted by Gasteiger charge is 2.14. The molecule has 3 N–H and O–H groups in total. The molecule has 1 aromatic carbocycles. The molecule has 0 atom stereocenters. The number of amides is 1. The lowest BCUT2D eigenvalue weighted by Gasteiger charge is -2.07. The molecule has 1 amide bonds. The highest BCUT2D eigenvalue weighted by molar-refractivity contribution is 7.90. The summed E-state index contributed by atoms with van der Waals surface area (Å²) >= 11 is 0. The van der Waals surface area contributed by atoms with Gasteiger partial charge in [-0.2, -0.15) is 0 Å². The molecule has 7 nitrogen and oxygen atoms in total. The Kier molecular flexibility index (Phi) is 3.66. The number of nitrogens with one attached hydrogen (secondary N) is 1. The summed E-state index contributed by atoms with van der Waals surface area (Å²) in [6, 6.07) is 3.95. The number of hydrogen-bond acceptors (Lipinski definition) is 6. The van der Waals surface area contributed by atoms with E-state index in [1.165, 1.54) is 36.8 Å². The standard InChI is InChI=1S/C12H12N4O3S/c1-20(18,19)10-5-8(4-9(13)6-10)12(17)16-11-7-14-2-3-15-11/h2-7H,13H2,1H3,(H,15,16,17). The van der Waals surface area contributed by atoms with Crippen molar-refractivity contribution in [3.63, 3.8) is 0 Å². The minimum absolute atomic E-state index is 0.0122. The van der Waals surface area contributed by atoms with Gasteiger partial charge in [0.15, 0.2) is 15.7 Å². The van der Waals surface area contributed by atoms with Gasteiger partial charge < -0.3 is 11.1 Å². The van der Waals surface area contributed by atoms with Crippen LogP contribution in [0.3, 0.4) is 0 Å². The third kappa shape index (κ3) is 3.29. The topological polar surface area (TPSA) is 115 Å². The first-order valence-corrected chi connectivity index (χ1v) is 7.43. The highest BCUT2D eigenvalue weighted by atomic mass is 32.2. The van der Waals surface area contributed by atoms with Crippen molar-refractivity contribution < 1.29 is 13.2 Å². The zero-order chi connectivity index (χ0) is 14.8. The van der Waals surface area contributed by atoms with Crippen molar-refractivity contribution in [3.8, 4) is 0 Å². The zero-order valence-electron chi connectivity index (χ0n) is 10.6. The number of rotatable bonds is 3. The van der Waals surface area contributed by atoms with Crippen LogP contribution in [0.25, 0.3) is 0 Å². The van der Waals surface area contributed by atoms with Gasteiger partial charge in [-0.05, 0) is 18.2 Å². The summed E-state index contributed by atoms with van der Waals surface area (Å²) in [7, 11) is -3.44. The number of aromatic nitrogens is 2. The Labute approximate surface area is 115 Å². The highest BCUT2D eigenvalue weighted by Crippen LogP contribution is 2.17. The lowest BCUT2D eigenvalue weighted by Crippen LogP contribution is -2.14. The Bertz CT molecular complexity index is 745. The molecule has 1 heterocycles. The van der Waals surface area contributed by atoms with Crippen LogP contribution in [0.15, 0.2) is 41.7 Å². The SMILES string of the molecule is CS(=O)(=O)c1cc(N)cc(C(=O)Nc2cnccn2)c1. The molecule has 8 heteroatoms. The van der Waals surface area contributed by atoms with E-state index in [1.54, 1.807) is 0 Å². The van der Waals surface area contributed by atoms with Crippen LogP contribution in [0, 0.1) is 0 Å². The second-order valence-electron chi connectivity index (χ2n) is 4.11. The van der Waals surface area contributed by atoms with E-state index in [4.69, 9.17) is 5.73 Å². The number of nitrogen functional groups attached to an aromatic ring is 1. The molecular weight excluding hydrogens is 280 g/mol. The zero-order valence-corrected chi connectivity index (χ0v) is 11.4. The summed E-state index contributed by atoms with van der Waals surface area (Å²) in [5, 5.41) is 2.50. The molecular formula is C12H12N4O3S. The van der Waals surface area contributed by atoms with Crippen molar-refractivity contribution in [1.29, 1.82) is 0 Å². The van der Waals surface area contributed by atoms with Crippen LogP contribution >= 0.6 is 0 Å². The summed E-state index contributed by atoms with van der Waals surface area (Å²) in [4.78, 5) is 19.7. The first-order valence-electron chi connectivity index (χ1n) is 5.54. The lowest BCUT2D eigenvalue weighted by atomic mass is 10.2. The predicted octanol–water partition coefficient (Wildman–Crippen LogP) is 0.715. The van der Waals surface area contributed by atoms with Crippen molar-refractivity contribution in [3.05, 3.63) is 42.4 Å². The van der Waals surface area contributed by atoms with Crippen LogP contribution in [0.1, 0.15) is 10.4 Å². The molecule has 0 unspecified atom stereocenters. The fourth-order valence-corrected chi connectivity index (χ4v) is 2.21. The van der Waals surface area contributed by atoms with Gasteiger partial charge >= 0.3 is 0 Å². The number of carbonyl (C=O) groups is 1. The summed E-state index contributed by atoms with van der Waals surface area (Å²) in [5.41, 5.74) is 5.94. The predicted molar refractivity (Wildman–Crippen MR) is 73.9 cm³/mol. The summed E-state index contributed by atoms with van der Waals surface area (Å²) < 4.78 is 23.0. The number of anilines is 2. The number of nitrogens with two attached hydrogens (primary N) is 1. The molecule has 20 heavy (non-hydrogen) atoms. The van der Waals surface area contributed by atoms with E-state index in [9.17, 15) is 13.2 Å². The normalized spacial score (nSPS) is 11.1. The van der Waals surface area contributed by atoms with Crippen LogP contribution < -0.4 is 11.1 Å². The Morgan fingerprint density at radius 3 is 2.60 bits per heavy atom. The monoisotopic (exact) mass is 292 g/mol. The average Bonchev–Trinajstić information content (AvgIpc) is 2.38. The van der Waals surface area contributed by atoms with E-state index >= 15 is 0 Å². The minimum atomic E-state index is -3.44. The summed E-state index contributed by atoms with van der Waals surface area (Å²) in [6.45, 7) is 0. The number of nitrogens with zero attached hydrogens (tertiary/aromatic N) is 2.